The predicted molar refractivity (Wildman–Crippen MR) is 204 cm³/mol. The molecule has 0 aliphatic carbocycles. The van der Waals surface area contributed by atoms with Crippen LogP contribution in [0.25, 0.3) is 24.3 Å². The van der Waals surface area contributed by atoms with Crippen LogP contribution in [0.4, 0.5) is 11.4 Å². The maximum absolute atomic E-state index is 9.49. The molecule has 2 aliphatic heterocycles. The van der Waals surface area contributed by atoms with Gasteiger partial charge in [0, 0.05) is 75.9 Å². The minimum atomic E-state index is 0. The fourth-order valence-electron chi connectivity index (χ4n) is 5.54. The molecule has 10 heteroatoms. The van der Waals surface area contributed by atoms with E-state index in [0.717, 1.165) is 74.6 Å². The molecule has 4 aromatic carbocycles. The van der Waals surface area contributed by atoms with E-state index >= 15 is 0 Å². The monoisotopic (exact) mass is 692 g/mol. The standard InChI is InChI=1S/2C19H22N2O2.2ClH/c2*1-20-8-10-21(11-9-20)17-6-4-15(5-7-17)2-3-16-12-18(22)14-19(23)13-16;;/h2*2-7,12-14,22-23H,8-11H2,1H3;2*1H. The number of nitrogens with zero attached hydrogens (tertiary/aromatic N) is 4. The lowest BCUT2D eigenvalue weighted by atomic mass is 10.1. The quantitative estimate of drug-likeness (QED) is 0.163. The van der Waals surface area contributed by atoms with Gasteiger partial charge in [0.15, 0.2) is 0 Å². The first-order valence-corrected chi connectivity index (χ1v) is 15.7. The van der Waals surface area contributed by atoms with Crippen LogP contribution in [0.15, 0.2) is 84.9 Å². The van der Waals surface area contributed by atoms with Crippen LogP contribution in [0.2, 0.25) is 0 Å². The molecule has 0 aromatic heterocycles. The predicted octanol–water partition coefficient (Wildman–Crippen LogP) is 6.88. The minimum absolute atomic E-state index is 0. The first-order chi connectivity index (χ1) is 22.2. The maximum Gasteiger partial charge on any atom is 0.119 e. The topological polar surface area (TPSA) is 93.9 Å². The third kappa shape index (κ3) is 11.4. The highest BCUT2D eigenvalue weighted by atomic mass is 35.5. The zero-order valence-electron chi connectivity index (χ0n) is 27.4. The Morgan fingerprint density at radius 1 is 0.396 bits per heavy atom. The summed E-state index contributed by atoms with van der Waals surface area (Å²) in [4.78, 5) is 9.50. The molecule has 6 rings (SSSR count). The van der Waals surface area contributed by atoms with Crippen molar-refractivity contribution in [3.63, 3.8) is 0 Å². The lowest BCUT2D eigenvalue weighted by Crippen LogP contribution is -2.44. The van der Waals surface area contributed by atoms with Crippen molar-refractivity contribution in [1.82, 2.24) is 9.80 Å². The van der Waals surface area contributed by atoms with Crippen molar-refractivity contribution < 1.29 is 20.4 Å². The van der Waals surface area contributed by atoms with E-state index in [0.29, 0.717) is 0 Å². The molecule has 2 fully saturated rings. The van der Waals surface area contributed by atoms with Crippen molar-refractivity contribution >= 4 is 60.5 Å². The van der Waals surface area contributed by atoms with Crippen molar-refractivity contribution in [2.75, 3.05) is 76.3 Å². The number of benzene rings is 4. The van der Waals surface area contributed by atoms with E-state index in [1.807, 2.05) is 24.3 Å². The van der Waals surface area contributed by atoms with E-state index in [9.17, 15) is 20.4 Å². The van der Waals surface area contributed by atoms with Crippen LogP contribution < -0.4 is 9.80 Å². The largest absolute Gasteiger partial charge is 0.508 e. The summed E-state index contributed by atoms with van der Waals surface area (Å²) in [5.41, 5.74) is 6.23. The third-order valence-corrected chi connectivity index (χ3v) is 8.31. The second-order valence-electron chi connectivity index (χ2n) is 12.0. The Labute approximate surface area is 296 Å². The van der Waals surface area contributed by atoms with Crippen LogP contribution in [0.1, 0.15) is 22.3 Å². The van der Waals surface area contributed by atoms with Gasteiger partial charge in [-0.3, -0.25) is 0 Å². The van der Waals surface area contributed by atoms with Gasteiger partial charge in [-0.1, -0.05) is 48.6 Å². The number of phenolic OH excluding ortho intramolecular Hbond substituents is 4. The Morgan fingerprint density at radius 3 is 0.958 bits per heavy atom. The van der Waals surface area contributed by atoms with Crippen molar-refractivity contribution in [3.8, 4) is 23.0 Å². The summed E-state index contributed by atoms with van der Waals surface area (Å²) in [5, 5.41) is 38.0. The highest BCUT2D eigenvalue weighted by Crippen LogP contribution is 2.24. The smallest absolute Gasteiger partial charge is 0.119 e. The normalized spacial score (nSPS) is 15.5. The van der Waals surface area contributed by atoms with Gasteiger partial charge in [0.05, 0.1) is 0 Å². The Hall–Kier alpha value is -4.34. The average Bonchev–Trinajstić information content (AvgIpc) is 3.04. The van der Waals surface area contributed by atoms with Gasteiger partial charge in [0.2, 0.25) is 0 Å². The summed E-state index contributed by atoms with van der Waals surface area (Å²) in [6, 6.07) is 26.1. The minimum Gasteiger partial charge on any atom is -0.508 e. The molecular formula is C38H46Cl2N4O4. The number of hydrogen-bond acceptors (Lipinski definition) is 8. The van der Waals surface area contributed by atoms with Gasteiger partial charge >= 0.3 is 0 Å². The van der Waals surface area contributed by atoms with Crippen LogP contribution in [0, 0.1) is 0 Å². The molecule has 4 N–H and O–H groups in total. The molecule has 0 unspecified atom stereocenters. The molecule has 0 radical (unpaired) electrons. The van der Waals surface area contributed by atoms with Crippen LogP contribution in [-0.4, -0.2) is 96.7 Å². The van der Waals surface area contributed by atoms with E-state index in [2.05, 4.69) is 82.2 Å². The molecule has 2 heterocycles. The van der Waals surface area contributed by atoms with Crippen LogP contribution in [0.5, 0.6) is 23.0 Å². The molecule has 0 atom stereocenters. The lowest BCUT2D eigenvalue weighted by Gasteiger charge is -2.34. The van der Waals surface area contributed by atoms with Gasteiger partial charge in [-0.25, -0.2) is 0 Å². The highest BCUT2D eigenvalue weighted by Gasteiger charge is 2.14. The molecular weight excluding hydrogens is 647 g/mol. The molecule has 4 aromatic rings. The van der Waals surface area contributed by atoms with Crippen molar-refractivity contribution in [1.29, 1.82) is 0 Å². The first-order valence-electron chi connectivity index (χ1n) is 15.7. The molecule has 8 nitrogen and oxygen atoms in total. The van der Waals surface area contributed by atoms with E-state index in [1.165, 1.54) is 23.5 Å². The number of aromatic hydroxyl groups is 4. The number of piperazine rings is 2. The van der Waals surface area contributed by atoms with E-state index < -0.39 is 0 Å². The second-order valence-corrected chi connectivity index (χ2v) is 12.0. The van der Waals surface area contributed by atoms with Gasteiger partial charge in [0.1, 0.15) is 23.0 Å². The van der Waals surface area contributed by atoms with E-state index in [1.54, 1.807) is 24.3 Å². The second kappa shape index (κ2) is 18.3. The van der Waals surface area contributed by atoms with E-state index in [-0.39, 0.29) is 47.8 Å². The molecule has 0 bridgehead atoms. The van der Waals surface area contributed by atoms with Gasteiger partial charge in [-0.15, -0.1) is 24.8 Å². The van der Waals surface area contributed by atoms with Gasteiger partial charge in [-0.2, -0.15) is 0 Å². The van der Waals surface area contributed by atoms with Crippen LogP contribution in [0.3, 0.4) is 0 Å². The SMILES string of the molecule is CN1CCN(c2ccc(C=Cc3cc(O)cc(O)c3)cc2)CC1.CN1CCN(c2ccc(C=Cc3cc(O)cc(O)c3)cc2)CC1.Cl.Cl. The number of halogens is 2. The van der Waals surface area contributed by atoms with Crippen molar-refractivity contribution in [3.05, 3.63) is 107 Å². The Morgan fingerprint density at radius 2 is 0.667 bits per heavy atom. The van der Waals surface area contributed by atoms with Crippen molar-refractivity contribution in [2.24, 2.45) is 0 Å². The summed E-state index contributed by atoms with van der Waals surface area (Å²) >= 11 is 0. The van der Waals surface area contributed by atoms with Crippen LogP contribution >= 0.6 is 24.8 Å². The van der Waals surface area contributed by atoms with Gasteiger partial charge < -0.3 is 40.0 Å². The number of phenols is 4. The molecule has 0 amide bonds. The summed E-state index contributed by atoms with van der Waals surface area (Å²) in [7, 11) is 4.31. The fraction of sp³-hybridized carbons (Fsp3) is 0.263. The van der Waals surface area contributed by atoms with E-state index in [4.69, 9.17) is 0 Å². The lowest BCUT2D eigenvalue weighted by molar-refractivity contribution is 0.313. The summed E-state index contributed by atoms with van der Waals surface area (Å²) in [6.45, 7) is 8.65. The molecule has 2 saturated heterocycles. The Kier molecular flexibility index (Phi) is 14.5. The molecule has 0 saturated carbocycles. The zero-order valence-corrected chi connectivity index (χ0v) is 29.1. The molecule has 0 spiro atoms. The molecule has 48 heavy (non-hydrogen) atoms. The molecule has 2 aliphatic rings. The van der Waals surface area contributed by atoms with Crippen molar-refractivity contribution in [2.45, 2.75) is 0 Å². The number of anilines is 2. The Balaban J connectivity index is 0.000000250. The maximum atomic E-state index is 9.49. The fourth-order valence-corrected chi connectivity index (χ4v) is 5.54. The van der Waals surface area contributed by atoms with Crippen LogP contribution in [-0.2, 0) is 0 Å². The number of rotatable bonds is 6. The summed E-state index contributed by atoms with van der Waals surface area (Å²) in [6.07, 6.45) is 7.71. The van der Waals surface area contributed by atoms with Gasteiger partial charge in [-0.05, 0) is 84.9 Å². The van der Waals surface area contributed by atoms with Gasteiger partial charge in [0.25, 0.3) is 0 Å². The first kappa shape index (κ1) is 38.1. The number of hydrogen-bond donors (Lipinski definition) is 4. The Bertz CT molecular complexity index is 1470. The summed E-state index contributed by atoms with van der Waals surface area (Å²) in [5.74, 6) is 0.259. The summed E-state index contributed by atoms with van der Waals surface area (Å²) < 4.78 is 0. The average molecular weight is 694 g/mol. The zero-order chi connectivity index (χ0) is 32.5. The number of likely N-dealkylation sites (N-methyl/N-ethyl adjacent to an activating group) is 2. The highest BCUT2D eigenvalue weighted by molar-refractivity contribution is 5.85. The molecule has 256 valence electrons. The third-order valence-electron chi connectivity index (χ3n) is 8.31.